The van der Waals surface area contributed by atoms with Crippen LogP contribution in [-0.2, 0) is 6.54 Å². The van der Waals surface area contributed by atoms with E-state index in [1.165, 1.54) is 11.1 Å². The number of hydrogen-bond acceptors (Lipinski definition) is 3. The van der Waals surface area contributed by atoms with Crippen LogP contribution in [0.25, 0.3) is 0 Å². The van der Waals surface area contributed by atoms with Crippen LogP contribution in [0.3, 0.4) is 0 Å². The molecule has 0 spiro atoms. The summed E-state index contributed by atoms with van der Waals surface area (Å²) >= 11 is 0. The van der Waals surface area contributed by atoms with Crippen molar-refractivity contribution in [3.63, 3.8) is 0 Å². The van der Waals surface area contributed by atoms with Gasteiger partial charge in [-0.1, -0.05) is 24.3 Å². The normalized spacial score (nSPS) is 24.1. The Morgan fingerprint density at radius 3 is 3.06 bits per heavy atom. The fourth-order valence-corrected chi connectivity index (χ4v) is 2.58. The highest BCUT2D eigenvalue weighted by atomic mass is 15.2. The second-order valence-corrected chi connectivity index (χ2v) is 4.53. The van der Waals surface area contributed by atoms with E-state index in [0.717, 1.165) is 32.0 Å². The highest BCUT2D eigenvalue weighted by molar-refractivity contribution is 5.85. The molecule has 0 radical (unpaired) electrons. The molecule has 84 valence electrons. The second kappa shape index (κ2) is 3.91. The summed E-state index contributed by atoms with van der Waals surface area (Å²) in [6, 6.07) is 9.24. The standard InChI is InChI=1S/C13H17N3/c1-10-12-5-3-2-4-11(12)8-16(10)9-13-14-6-7-15-13/h2-5,10H,6-9H2,1H3,(H,14,15)/t10-/m0/s1. The Kier molecular flexibility index (Phi) is 2.40. The molecule has 0 unspecified atom stereocenters. The maximum Gasteiger partial charge on any atom is 0.111 e. The molecule has 0 saturated heterocycles. The lowest BCUT2D eigenvalue weighted by Crippen LogP contribution is -2.33. The van der Waals surface area contributed by atoms with Crippen molar-refractivity contribution >= 4 is 5.84 Å². The third kappa shape index (κ3) is 1.61. The molecule has 0 aliphatic carbocycles. The van der Waals surface area contributed by atoms with Gasteiger partial charge in [0.15, 0.2) is 0 Å². The van der Waals surface area contributed by atoms with Crippen molar-refractivity contribution in [2.45, 2.75) is 19.5 Å². The van der Waals surface area contributed by atoms with Gasteiger partial charge in [0.2, 0.25) is 0 Å². The lowest BCUT2D eigenvalue weighted by Gasteiger charge is -2.21. The van der Waals surface area contributed by atoms with Gasteiger partial charge in [-0.3, -0.25) is 9.89 Å². The van der Waals surface area contributed by atoms with Crippen LogP contribution in [0.4, 0.5) is 0 Å². The largest absolute Gasteiger partial charge is 0.371 e. The van der Waals surface area contributed by atoms with Crippen molar-refractivity contribution in [3.8, 4) is 0 Å². The number of amidine groups is 1. The first-order valence-electron chi connectivity index (χ1n) is 5.93. The number of hydrogen-bond donors (Lipinski definition) is 1. The molecule has 0 saturated carbocycles. The second-order valence-electron chi connectivity index (χ2n) is 4.53. The quantitative estimate of drug-likeness (QED) is 0.811. The van der Waals surface area contributed by atoms with Gasteiger partial charge in [-0.2, -0.15) is 0 Å². The first-order chi connectivity index (χ1) is 7.84. The van der Waals surface area contributed by atoms with Crippen LogP contribution < -0.4 is 5.32 Å². The average molecular weight is 215 g/mol. The molecule has 3 rings (SSSR count). The highest BCUT2D eigenvalue weighted by Gasteiger charge is 2.27. The van der Waals surface area contributed by atoms with Crippen LogP contribution in [0.2, 0.25) is 0 Å². The van der Waals surface area contributed by atoms with Gasteiger partial charge in [0.1, 0.15) is 5.84 Å². The molecule has 0 aromatic heterocycles. The van der Waals surface area contributed by atoms with Gasteiger partial charge < -0.3 is 5.32 Å². The Labute approximate surface area is 96.2 Å². The van der Waals surface area contributed by atoms with Crippen LogP contribution in [0, 0.1) is 0 Å². The molecule has 2 aliphatic heterocycles. The average Bonchev–Trinajstić information content (AvgIpc) is 2.90. The number of rotatable bonds is 2. The molecular formula is C13H17N3. The maximum absolute atomic E-state index is 4.46. The number of nitrogens with zero attached hydrogens (tertiary/aromatic N) is 2. The third-order valence-corrected chi connectivity index (χ3v) is 3.52. The lowest BCUT2D eigenvalue weighted by molar-refractivity contribution is 0.262. The summed E-state index contributed by atoms with van der Waals surface area (Å²) in [7, 11) is 0. The van der Waals surface area contributed by atoms with E-state index in [1.54, 1.807) is 0 Å². The van der Waals surface area contributed by atoms with Crippen molar-refractivity contribution in [2.75, 3.05) is 19.6 Å². The van der Waals surface area contributed by atoms with Crippen LogP contribution in [0.5, 0.6) is 0 Å². The molecular weight excluding hydrogens is 198 g/mol. The topological polar surface area (TPSA) is 27.6 Å². The Bertz CT molecular complexity index is 425. The van der Waals surface area contributed by atoms with E-state index in [0.29, 0.717) is 6.04 Å². The van der Waals surface area contributed by atoms with Gasteiger partial charge in [0, 0.05) is 19.1 Å². The Morgan fingerprint density at radius 1 is 1.44 bits per heavy atom. The van der Waals surface area contributed by atoms with Crippen molar-refractivity contribution < 1.29 is 0 Å². The van der Waals surface area contributed by atoms with E-state index in [4.69, 9.17) is 0 Å². The lowest BCUT2D eigenvalue weighted by atomic mass is 10.1. The van der Waals surface area contributed by atoms with Crippen molar-refractivity contribution in [1.29, 1.82) is 0 Å². The summed E-state index contributed by atoms with van der Waals surface area (Å²) in [6.45, 7) is 6.23. The van der Waals surface area contributed by atoms with E-state index < -0.39 is 0 Å². The molecule has 0 fully saturated rings. The Balaban J connectivity index is 1.76. The number of fused-ring (bicyclic) bond motifs is 1. The smallest absolute Gasteiger partial charge is 0.111 e. The zero-order valence-corrected chi connectivity index (χ0v) is 9.61. The van der Waals surface area contributed by atoms with E-state index in [9.17, 15) is 0 Å². The summed E-state index contributed by atoms with van der Waals surface area (Å²) in [5, 5.41) is 3.34. The fourth-order valence-electron chi connectivity index (χ4n) is 2.58. The zero-order chi connectivity index (χ0) is 11.0. The Hall–Kier alpha value is -1.35. The predicted octanol–water partition coefficient (Wildman–Crippen LogP) is 1.56. The van der Waals surface area contributed by atoms with Gasteiger partial charge in [-0.25, -0.2) is 0 Å². The molecule has 1 aromatic carbocycles. The summed E-state index contributed by atoms with van der Waals surface area (Å²) in [5.74, 6) is 1.15. The van der Waals surface area contributed by atoms with Crippen LogP contribution in [0.1, 0.15) is 24.1 Å². The van der Waals surface area contributed by atoms with Gasteiger partial charge in [0.25, 0.3) is 0 Å². The minimum atomic E-state index is 0.515. The molecule has 1 atom stereocenters. The minimum absolute atomic E-state index is 0.515. The summed E-state index contributed by atoms with van der Waals surface area (Å²) in [4.78, 5) is 6.93. The molecule has 3 nitrogen and oxygen atoms in total. The molecule has 16 heavy (non-hydrogen) atoms. The molecule has 2 aliphatic rings. The molecule has 2 heterocycles. The number of benzene rings is 1. The third-order valence-electron chi connectivity index (χ3n) is 3.52. The maximum atomic E-state index is 4.46. The minimum Gasteiger partial charge on any atom is -0.371 e. The molecule has 1 aromatic rings. The molecule has 0 amide bonds. The van der Waals surface area contributed by atoms with Crippen molar-refractivity contribution in [2.24, 2.45) is 4.99 Å². The molecule has 3 heteroatoms. The summed E-state index contributed by atoms with van der Waals surface area (Å²) < 4.78 is 0. The van der Waals surface area contributed by atoms with Gasteiger partial charge in [-0.05, 0) is 18.1 Å². The van der Waals surface area contributed by atoms with Crippen LogP contribution in [0.15, 0.2) is 29.3 Å². The SMILES string of the molecule is C[C@H]1c2ccccc2CN1CC1=NCCN1. The van der Waals surface area contributed by atoms with Gasteiger partial charge in [0.05, 0.1) is 13.1 Å². The van der Waals surface area contributed by atoms with E-state index in [2.05, 4.69) is 46.4 Å². The number of nitrogens with one attached hydrogen (secondary N) is 1. The van der Waals surface area contributed by atoms with E-state index >= 15 is 0 Å². The number of aliphatic imine (C=N–C) groups is 1. The van der Waals surface area contributed by atoms with E-state index in [1.807, 2.05) is 0 Å². The van der Waals surface area contributed by atoms with E-state index in [-0.39, 0.29) is 0 Å². The highest BCUT2D eigenvalue weighted by Crippen LogP contribution is 2.32. The predicted molar refractivity (Wildman–Crippen MR) is 65.6 cm³/mol. The van der Waals surface area contributed by atoms with Crippen LogP contribution in [-0.4, -0.2) is 30.4 Å². The summed E-state index contributed by atoms with van der Waals surface area (Å²) in [5.41, 5.74) is 2.94. The molecule has 0 bridgehead atoms. The van der Waals surface area contributed by atoms with Crippen molar-refractivity contribution in [3.05, 3.63) is 35.4 Å². The zero-order valence-electron chi connectivity index (χ0n) is 9.61. The van der Waals surface area contributed by atoms with Gasteiger partial charge in [-0.15, -0.1) is 0 Å². The monoisotopic (exact) mass is 215 g/mol. The van der Waals surface area contributed by atoms with Crippen molar-refractivity contribution in [1.82, 2.24) is 10.2 Å². The first kappa shape index (κ1) is 9.85. The Morgan fingerprint density at radius 2 is 2.31 bits per heavy atom. The fraction of sp³-hybridized carbons (Fsp3) is 0.462. The summed E-state index contributed by atoms with van der Waals surface area (Å²) in [6.07, 6.45) is 0. The molecule has 1 N–H and O–H groups in total. The first-order valence-corrected chi connectivity index (χ1v) is 5.93. The van der Waals surface area contributed by atoms with Crippen LogP contribution >= 0.6 is 0 Å². The van der Waals surface area contributed by atoms with Gasteiger partial charge >= 0.3 is 0 Å².